The molecule has 1 atom stereocenters. The van der Waals surface area contributed by atoms with Gasteiger partial charge < -0.3 is 10.5 Å². The summed E-state index contributed by atoms with van der Waals surface area (Å²) in [6.45, 7) is 4.08. The highest BCUT2D eigenvalue weighted by atomic mass is 16.5. The number of hydrogen-bond acceptors (Lipinski definition) is 6. The minimum atomic E-state index is 0.364. The normalized spacial score (nSPS) is 17.8. The predicted molar refractivity (Wildman–Crippen MR) is 100 cm³/mol. The van der Waals surface area contributed by atoms with E-state index in [2.05, 4.69) is 27.0 Å². The number of methoxy groups -OCH3 is 1. The molecule has 1 saturated heterocycles. The maximum atomic E-state index is 5.72. The largest absolute Gasteiger partial charge is 0.496 e. The zero-order chi connectivity index (χ0) is 17.9. The number of aromatic nitrogens is 4. The summed E-state index contributed by atoms with van der Waals surface area (Å²) in [5, 5.41) is 4.80. The molecule has 136 valence electrons. The molecule has 3 heterocycles. The van der Waals surface area contributed by atoms with Crippen LogP contribution in [0.3, 0.4) is 0 Å². The third-order valence-corrected chi connectivity index (χ3v) is 4.98. The van der Waals surface area contributed by atoms with Crippen molar-refractivity contribution in [3.8, 4) is 5.75 Å². The Bertz CT molecular complexity index is 893. The summed E-state index contributed by atoms with van der Waals surface area (Å²) in [5.74, 6) is 1.31. The lowest BCUT2D eigenvalue weighted by Gasteiger charge is -2.17. The van der Waals surface area contributed by atoms with E-state index < -0.39 is 0 Å². The first-order valence-electron chi connectivity index (χ1n) is 9.02. The number of para-hydroxylation sites is 1. The monoisotopic (exact) mass is 352 g/mol. The molecule has 0 unspecified atom stereocenters. The zero-order valence-corrected chi connectivity index (χ0v) is 15.0. The fraction of sp³-hybridized carbons (Fsp3) is 0.421. The maximum absolute atomic E-state index is 5.72. The lowest BCUT2D eigenvalue weighted by molar-refractivity contribution is 0.316. The Labute approximate surface area is 152 Å². The van der Waals surface area contributed by atoms with Crippen molar-refractivity contribution in [2.75, 3.05) is 26.7 Å². The second-order valence-corrected chi connectivity index (χ2v) is 6.66. The zero-order valence-electron chi connectivity index (χ0n) is 15.0. The topological polar surface area (TPSA) is 82.1 Å². The highest BCUT2D eigenvalue weighted by Gasteiger charge is 2.29. The minimum Gasteiger partial charge on any atom is -0.496 e. The first-order chi connectivity index (χ1) is 12.8. The van der Waals surface area contributed by atoms with Gasteiger partial charge in [0.2, 0.25) is 0 Å². The van der Waals surface area contributed by atoms with Crippen LogP contribution in [0.2, 0.25) is 0 Å². The molecular formula is C19H24N6O. The van der Waals surface area contributed by atoms with E-state index in [-0.39, 0.29) is 0 Å². The van der Waals surface area contributed by atoms with Gasteiger partial charge in [-0.15, -0.1) is 0 Å². The molecule has 26 heavy (non-hydrogen) atoms. The Morgan fingerprint density at radius 2 is 2.08 bits per heavy atom. The van der Waals surface area contributed by atoms with Crippen LogP contribution < -0.4 is 10.5 Å². The number of hydrogen-bond donors (Lipinski definition) is 1. The Balaban J connectivity index is 1.55. The average molecular weight is 352 g/mol. The van der Waals surface area contributed by atoms with Crippen molar-refractivity contribution in [2.24, 2.45) is 5.73 Å². The van der Waals surface area contributed by atoms with Gasteiger partial charge in [-0.25, -0.2) is 14.6 Å². The third-order valence-electron chi connectivity index (χ3n) is 4.98. The number of nitrogens with zero attached hydrogens (tertiary/aromatic N) is 5. The molecule has 0 spiro atoms. The molecule has 3 aromatic rings. The molecule has 7 heteroatoms. The van der Waals surface area contributed by atoms with Gasteiger partial charge in [-0.05, 0) is 19.0 Å². The fourth-order valence-electron chi connectivity index (χ4n) is 3.75. The van der Waals surface area contributed by atoms with Crippen LogP contribution in [-0.2, 0) is 13.1 Å². The van der Waals surface area contributed by atoms with Crippen molar-refractivity contribution in [1.82, 2.24) is 24.6 Å². The SMILES string of the molecule is COc1ccccc1CN1CC[C@H](c2nn(CCN)c3nccnc23)C1. The number of rotatable bonds is 6. The van der Waals surface area contributed by atoms with E-state index in [9.17, 15) is 0 Å². The van der Waals surface area contributed by atoms with E-state index in [1.54, 1.807) is 19.5 Å². The molecule has 4 rings (SSSR count). The van der Waals surface area contributed by atoms with E-state index in [0.717, 1.165) is 48.7 Å². The summed E-state index contributed by atoms with van der Waals surface area (Å²) < 4.78 is 7.37. The molecule has 0 amide bonds. The van der Waals surface area contributed by atoms with Crippen LogP contribution in [0.15, 0.2) is 36.7 Å². The predicted octanol–water partition coefficient (Wildman–Crippen LogP) is 1.78. The summed E-state index contributed by atoms with van der Waals surface area (Å²) in [5.41, 5.74) is 9.72. The van der Waals surface area contributed by atoms with Gasteiger partial charge in [0.25, 0.3) is 0 Å². The van der Waals surface area contributed by atoms with Crippen LogP contribution in [0.25, 0.3) is 11.2 Å². The van der Waals surface area contributed by atoms with E-state index in [1.807, 2.05) is 16.8 Å². The Morgan fingerprint density at radius 1 is 1.23 bits per heavy atom. The second-order valence-electron chi connectivity index (χ2n) is 6.66. The molecule has 2 aromatic heterocycles. The van der Waals surface area contributed by atoms with Crippen LogP contribution in [-0.4, -0.2) is 51.4 Å². The van der Waals surface area contributed by atoms with Gasteiger partial charge in [0.15, 0.2) is 5.65 Å². The average Bonchev–Trinajstić information content (AvgIpc) is 3.28. The Morgan fingerprint density at radius 3 is 2.92 bits per heavy atom. The molecule has 0 saturated carbocycles. The molecule has 0 radical (unpaired) electrons. The Kier molecular flexibility index (Phi) is 4.81. The van der Waals surface area contributed by atoms with Crippen molar-refractivity contribution < 1.29 is 4.74 Å². The first kappa shape index (κ1) is 16.9. The van der Waals surface area contributed by atoms with Crippen LogP contribution in [0.4, 0.5) is 0 Å². The lowest BCUT2D eigenvalue weighted by atomic mass is 10.0. The van der Waals surface area contributed by atoms with Crippen molar-refractivity contribution in [3.63, 3.8) is 0 Å². The van der Waals surface area contributed by atoms with Gasteiger partial charge in [-0.1, -0.05) is 18.2 Å². The van der Waals surface area contributed by atoms with Crippen LogP contribution >= 0.6 is 0 Å². The van der Waals surface area contributed by atoms with Crippen LogP contribution in [0.5, 0.6) is 5.75 Å². The van der Waals surface area contributed by atoms with Crippen LogP contribution in [0.1, 0.15) is 23.6 Å². The van der Waals surface area contributed by atoms with Crippen molar-refractivity contribution in [3.05, 3.63) is 47.9 Å². The highest BCUT2D eigenvalue weighted by Crippen LogP contribution is 2.32. The number of fused-ring (bicyclic) bond motifs is 1. The van der Waals surface area contributed by atoms with Crippen LogP contribution in [0, 0.1) is 0 Å². The Hall–Kier alpha value is -2.51. The third kappa shape index (κ3) is 3.15. The molecule has 7 nitrogen and oxygen atoms in total. The molecule has 1 aliphatic heterocycles. The summed E-state index contributed by atoms with van der Waals surface area (Å²) >= 11 is 0. The van der Waals surface area contributed by atoms with Gasteiger partial charge in [-0.3, -0.25) is 4.90 Å². The van der Waals surface area contributed by atoms with Gasteiger partial charge in [0, 0.05) is 43.5 Å². The lowest BCUT2D eigenvalue weighted by Crippen LogP contribution is -2.20. The summed E-state index contributed by atoms with van der Waals surface area (Å²) in [6, 6.07) is 8.20. The molecule has 0 bridgehead atoms. The van der Waals surface area contributed by atoms with E-state index in [0.29, 0.717) is 19.0 Å². The highest BCUT2D eigenvalue weighted by molar-refractivity contribution is 5.73. The summed E-state index contributed by atoms with van der Waals surface area (Å²) in [4.78, 5) is 11.4. The van der Waals surface area contributed by atoms with E-state index >= 15 is 0 Å². The van der Waals surface area contributed by atoms with Gasteiger partial charge in [0.05, 0.1) is 19.3 Å². The molecule has 1 fully saturated rings. The van der Waals surface area contributed by atoms with Gasteiger partial charge in [-0.2, -0.15) is 5.10 Å². The van der Waals surface area contributed by atoms with Gasteiger partial charge >= 0.3 is 0 Å². The number of likely N-dealkylation sites (tertiary alicyclic amines) is 1. The molecule has 2 N–H and O–H groups in total. The second kappa shape index (κ2) is 7.39. The number of benzene rings is 1. The fourth-order valence-corrected chi connectivity index (χ4v) is 3.75. The molecule has 0 aliphatic carbocycles. The minimum absolute atomic E-state index is 0.364. The summed E-state index contributed by atoms with van der Waals surface area (Å²) in [7, 11) is 1.72. The van der Waals surface area contributed by atoms with Gasteiger partial charge in [0.1, 0.15) is 11.3 Å². The van der Waals surface area contributed by atoms with E-state index in [4.69, 9.17) is 15.6 Å². The standard InChI is InChI=1S/C19H24N6O/c1-26-16-5-3-2-4-14(16)12-24-10-6-15(13-24)17-18-19(22-9-8-21-18)25(23-17)11-7-20/h2-5,8-9,15H,6-7,10-13,20H2,1H3/t15-/m0/s1. The van der Waals surface area contributed by atoms with Crippen molar-refractivity contribution in [1.29, 1.82) is 0 Å². The van der Waals surface area contributed by atoms with Crippen molar-refractivity contribution in [2.45, 2.75) is 25.4 Å². The number of ether oxygens (including phenoxy) is 1. The summed E-state index contributed by atoms with van der Waals surface area (Å²) in [6.07, 6.45) is 4.52. The maximum Gasteiger partial charge on any atom is 0.177 e. The molecule has 1 aromatic carbocycles. The van der Waals surface area contributed by atoms with E-state index in [1.165, 1.54) is 5.56 Å². The number of nitrogens with two attached hydrogens (primary N) is 1. The molecular weight excluding hydrogens is 328 g/mol. The van der Waals surface area contributed by atoms with Crippen molar-refractivity contribution >= 4 is 11.2 Å². The molecule has 1 aliphatic rings. The first-order valence-corrected chi connectivity index (χ1v) is 9.02. The smallest absolute Gasteiger partial charge is 0.177 e. The quantitative estimate of drug-likeness (QED) is 0.728.